The van der Waals surface area contributed by atoms with Gasteiger partial charge in [-0.3, -0.25) is 0 Å². The standard InChI is InChI=1S/C30H33F3O/c1-3-5-6-21-9-7-20(15-28(21)31)8-14-27-29(32)18-25(19-30(27)33)23-10-11-24-17-26(34-4-2)13-12-22(24)16-23/h3,7,9,15,18-19,22-24,26H,1,4-6,10-13,16-17H2,2H3. The molecular weight excluding hydrogens is 433 g/mol. The number of allylic oxidation sites excluding steroid dienone is 1. The lowest BCUT2D eigenvalue weighted by molar-refractivity contribution is -0.00957. The van der Waals surface area contributed by atoms with Crippen LogP contribution in [0.1, 0.15) is 80.0 Å². The monoisotopic (exact) mass is 466 g/mol. The number of hydrogen-bond acceptors (Lipinski definition) is 1. The molecule has 4 atom stereocenters. The third-order valence-corrected chi connectivity index (χ3v) is 7.51. The highest BCUT2D eigenvalue weighted by atomic mass is 19.1. The number of benzene rings is 2. The SMILES string of the molecule is C=CCCc1ccc(C#Cc2c(F)cc(C3CCC4CC(OCC)CCC4C3)cc2F)cc1F. The van der Waals surface area contributed by atoms with Gasteiger partial charge in [-0.1, -0.05) is 24.0 Å². The lowest BCUT2D eigenvalue weighted by atomic mass is 9.65. The molecule has 4 heteroatoms. The van der Waals surface area contributed by atoms with E-state index in [0.717, 1.165) is 50.7 Å². The second-order valence-corrected chi connectivity index (χ2v) is 9.66. The molecule has 2 fully saturated rings. The van der Waals surface area contributed by atoms with Crippen molar-refractivity contribution in [3.05, 3.63) is 82.7 Å². The summed E-state index contributed by atoms with van der Waals surface area (Å²) in [5.41, 5.74) is 1.44. The van der Waals surface area contributed by atoms with Gasteiger partial charge in [-0.15, -0.1) is 6.58 Å². The Morgan fingerprint density at radius 1 is 0.941 bits per heavy atom. The van der Waals surface area contributed by atoms with Gasteiger partial charge >= 0.3 is 0 Å². The first kappa shape index (κ1) is 24.6. The van der Waals surface area contributed by atoms with Gasteiger partial charge in [0.15, 0.2) is 0 Å². The largest absolute Gasteiger partial charge is 0.378 e. The van der Waals surface area contributed by atoms with Crippen molar-refractivity contribution in [2.24, 2.45) is 11.8 Å². The molecule has 180 valence electrons. The molecule has 0 bridgehead atoms. The van der Waals surface area contributed by atoms with E-state index in [0.29, 0.717) is 41.9 Å². The minimum atomic E-state index is -0.646. The maximum Gasteiger partial charge on any atom is 0.142 e. The van der Waals surface area contributed by atoms with Crippen LogP contribution >= 0.6 is 0 Å². The van der Waals surface area contributed by atoms with Gasteiger partial charge in [0.05, 0.1) is 11.7 Å². The second kappa shape index (κ2) is 11.3. The average Bonchev–Trinajstić information content (AvgIpc) is 2.82. The predicted octanol–water partition coefficient (Wildman–Crippen LogP) is 7.71. The Morgan fingerprint density at radius 3 is 2.38 bits per heavy atom. The fourth-order valence-corrected chi connectivity index (χ4v) is 5.70. The molecule has 1 nitrogen and oxygen atoms in total. The van der Waals surface area contributed by atoms with Crippen LogP contribution in [-0.4, -0.2) is 12.7 Å². The first-order chi connectivity index (χ1) is 16.5. The van der Waals surface area contributed by atoms with E-state index in [-0.39, 0.29) is 17.3 Å². The molecule has 0 saturated heterocycles. The van der Waals surface area contributed by atoms with Crippen molar-refractivity contribution in [3.63, 3.8) is 0 Å². The fourth-order valence-electron chi connectivity index (χ4n) is 5.70. The van der Waals surface area contributed by atoms with Crippen LogP contribution in [0, 0.1) is 41.1 Å². The van der Waals surface area contributed by atoms with Crippen molar-refractivity contribution in [1.29, 1.82) is 0 Å². The number of halogens is 3. The van der Waals surface area contributed by atoms with Gasteiger partial charge in [-0.05, 0) is 111 Å². The lowest BCUT2D eigenvalue weighted by Gasteiger charge is -2.42. The Balaban J connectivity index is 1.45. The zero-order valence-electron chi connectivity index (χ0n) is 19.9. The quantitative estimate of drug-likeness (QED) is 0.313. The Labute approximate surface area is 201 Å². The highest BCUT2D eigenvalue weighted by Gasteiger charge is 2.36. The van der Waals surface area contributed by atoms with Crippen LogP contribution in [0.5, 0.6) is 0 Å². The van der Waals surface area contributed by atoms with Crippen LogP contribution in [0.4, 0.5) is 13.2 Å². The average molecular weight is 467 g/mol. The molecule has 0 heterocycles. The van der Waals surface area contributed by atoms with Crippen LogP contribution in [0.2, 0.25) is 0 Å². The topological polar surface area (TPSA) is 9.23 Å². The maximum atomic E-state index is 14.9. The molecular formula is C30H33F3O. The Hall–Kier alpha value is -2.51. The fraction of sp³-hybridized carbons (Fsp3) is 0.467. The minimum absolute atomic E-state index is 0.174. The van der Waals surface area contributed by atoms with Crippen LogP contribution in [0.3, 0.4) is 0 Å². The molecule has 0 aromatic heterocycles. The number of aryl methyl sites for hydroxylation is 1. The summed E-state index contributed by atoms with van der Waals surface area (Å²) in [6, 6.07) is 7.55. The van der Waals surface area contributed by atoms with Crippen molar-refractivity contribution in [2.45, 2.75) is 70.3 Å². The van der Waals surface area contributed by atoms with E-state index in [4.69, 9.17) is 4.74 Å². The van der Waals surface area contributed by atoms with Crippen molar-refractivity contribution in [2.75, 3.05) is 6.61 Å². The van der Waals surface area contributed by atoms with Gasteiger partial charge in [-0.2, -0.15) is 0 Å². The molecule has 2 aromatic carbocycles. The summed E-state index contributed by atoms with van der Waals surface area (Å²) in [7, 11) is 0. The molecule has 0 N–H and O–H groups in total. The highest BCUT2D eigenvalue weighted by Crippen LogP contribution is 2.46. The molecule has 0 radical (unpaired) electrons. The van der Waals surface area contributed by atoms with Crippen molar-refractivity contribution >= 4 is 0 Å². The van der Waals surface area contributed by atoms with E-state index in [9.17, 15) is 13.2 Å². The summed E-state index contributed by atoms with van der Waals surface area (Å²) in [5, 5.41) is 0. The van der Waals surface area contributed by atoms with Crippen molar-refractivity contribution in [1.82, 2.24) is 0 Å². The first-order valence-electron chi connectivity index (χ1n) is 12.5. The normalized spacial score (nSPS) is 24.1. The number of rotatable bonds is 6. The zero-order valence-corrected chi connectivity index (χ0v) is 19.9. The first-order valence-corrected chi connectivity index (χ1v) is 12.5. The molecule has 2 aliphatic carbocycles. The third-order valence-electron chi connectivity index (χ3n) is 7.51. The zero-order chi connectivity index (χ0) is 24.1. The minimum Gasteiger partial charge on any atom is -0.378 e. The summed E-state index contributed by atoms with van der Waals surface area (Å²) in [5.74, 6) is 5.08. The smallest absolute Gasteiger partial charge is 0.142 e. The van der Waals surface area contributed by atoms with E-state index in [1.165, 1.54) is 18.2 Å². The van der Waals surface area contributed by atoms with E-state index >= 15 is 0 Å². The number of fused-ring (bicyclic) bond motifs is 1. The maximum absolute atomic E-state index is 14.9. The van der Waals surface area contributed by atoms with Crippen LogP contribution in [0.25, 0.3) is 0 Å². The molecule has 34 heavy (non-hydrogen) atoms. The van der Waals surface area contributed by atoms with Crippen LogP contribution in [-0.2, 0) is 11.2 Å². The van der Waals surface area contributed by atoms with Gasteiger partial charge in [0.2, 0.25) is 0 Å². The van der Waals surface area contributed by atoms with E-state index in [2.05, 4.69) is 18.4 Å². The molecule has 4 unspecified atom stereocenters. The highest BCUT2D eigenvalue weighted by molar-refractivity contribution is 5.46. The molecule has 2 saturated carbocycles. The number of hydrogen-bond donors (Lipinski definition) is 0. The third kappa shape index (κ3) is 5.76. The molecule has 0 spiro atoms. The van der Waals surface area contributed by atoms with E-state index in [1.54, 1.807) is 18.2 Å². The van der Waals surface area contributed by atoms with Gasteiger partial charge in [0.1, 0.15) is 17.5 Å². The predicted molar refractivity (Wildman–Crippen MR) is 130 cm³/mol. The van der Waals surface area contributed by atoms with Crippen molar-refractivity contribution in [3.8, 4) is 11.8 Å². The molecule has 2 aliphatic rings. The van der Waals surface area contributed by atoms with E-state index < -0.39 is 11.6 Å². The summed E-state index contributed by atoms with van der Waals surface area (Å²) in [6.45, 7) is 6.44. The second-order valence-electron chi connectivity index (χ2n) is 9.66. The summed E-state index contributed by atoms with van der Waals surface area (Å²) >= 11 is 0. The molecule has 0 amide bonds. The van der Waals surface area contributed by atoms with Gasteiger partial charge < -0.3 is 4.74 Å². The Bertz CT molecular complexity index is 1060. The van der Waals surface area contributed by atoms with E-state index in [1.807, 2.05) is 6.92 Å². The molecule has 0 aliphatic heterocycles. The Kier molecular flexibility index (Phi) is 8.16. The van der Waals surface area contributed by atoms with Gasteiger partial charge in [-0.25, -0.2) is 13.2 Å². The van der Waals surface area contributed by atoms with Crippen LogP contribution < -0.4 is 0 Å². The summed E-state index contributed by atoms with van der Waals surface area (Å²) in [4.78, 5) is 0. The summed E-state index contributed by atoms with van der Waals surface area (Å²) in [6.07, 6.45) is 9.67. The summed E-state index contributed by atoms with van der Waals surface area (Å²) < 4.78 is 49.8. The lowest BCUT2D eigenvalue weighted by Crippen LogP contribution is -2.33. The van der Waals surface area contributed by atoms with Crippen LogP contribution in [0.15, 0.2) is 43.0 Å². The van der Waals surface area contributed by atoms with Gasteiger partial charge in [0, 0.05) is 12.2 Å². The molecule has 2 aromatic rings. The molecule has 4 rings (SSSR count). The van der Waals surface area contributed by atoms with Crippen molar-refractivity contribution < 1.29 is 17.9 Å². The Morgan fingerprint density at radius 2 is 1.68 bits per heavy atom. The van der Waals surface area contributed by atoms with Gasteiger partial charge in [0.25, 0.3) is 0 Å². The number of ether oxygens (including phenoxy) is 1.